The van der Waals surface area contributed by atoms with Gasteiger partial charge in [-0.15, -0.1) is 0 Å². The van der Waals surface area contributed by atoms with E-state index >= 15 is 0 Å². The van der Waals surface area contributed by atoms with Crippen molar-refractivity contribution in [2.45, 2.75) is 58.9 Å². The molecule has 1 fully saturated rings. The molecule has 5 heteroatoms. The van der Waals surface area contributed by atoms with Gasteiger partial charge in [-0.05, 0) is 45.6 Å². The fraction of sp³-hybridized carbons (Fsp3) is 0.588. The third kappa shape index (κ3) is 2.85. The van der Waals surface area contributed by atoms with Crippen molar-refractivity contribution in [3.8, 4) is 0 Å². The molecule has 0 radical (unpaired) electrons. The summed E-state index contributed by atoms with van der Waals surface area (Å²) in [4.78, 5) is 21.3. The number of hydrogen-bond acceptors (Lipinski definition) is 3. The number of aromatic nitrogens is 3. The summed E-state index contributed by atoms with van der Waals surface area (Å²) in [6.45, 7) is 6.04. The second-order valence-electron chi connectivity index (χ2n) is 6.49. The van der Waals surface area contributed by atoms with Gasteiger partial charge in [-0.1, -0.05) is 19.3 Å². The topological polar surface area (TPSA) is 59.3 Å². The molecule has 22 heavy (non-hydrogen) atoms. The van der Waals surface area contributed by atoms with E-state index < -0.39 is 0 Å². The van der Waals surface area contributed by atoms with Gasteiger partial charge in [0.25, 0.3) is 5.91 Å². The van der Waals surface area contributed by atoms with E-state index in [2.05, 4.69) is 22.2 Å². The number of aryl methyl sites for hydroxylation is 2. The number of rotatable bonds is 3. The number of fused-ring (bicyclic) bond motifs is 1. The zero-order chi connectivity index (χ0) is 15.7. The Balaban J connectivity index is 1.80. The highest BCUT2D eigenvalue weighted by molar-refractivity contribution is 5.98. The van der Waals surface area contributed by atoms with Crippen LogP contribution in [0.4, 0.5) is 0 Å². The number of carbonyl (C=O) groups is 1. The van der Waals surface area contributed by atoms with Gasteiger partial charge in [0.05, 0.1) is 0 Å². The predicted octanol–water partition coefficient (Wildman–Crippen LogP) is 3.04. The fourth-order valence-electron chi connectivity index (χ4n) is 3.47. The van der Waals surface area contributed by atoms with Gasteiger partial charge < -0.3 is 5.32 Å². The lowest BCUT2D eigenvalue weighted by Crippen LogP contribution is -2.39. The number of hydrogen-bond donors (Lipinski definition) is 1. The second-order valence-corrected chi connectivity index (χ2v) is 6.49. The molecule has 0 spiro atoms. The van der Waals surface area contributed by atoms with Gasteiger partial charge in [0.1, 0.15) is 6.33 Å². The van der Waals surface area contributed by atoms with E-state index in [9.17, 15) is 4.79 Å². The molecule has 1 aliphatic rings. The fourth-order valence-corrected chi connectivity index (χ4v) is 3.47. The third-order valence-corrected chi connectivity index (χ3v) is 4.75. The number of imidazole rings is 1. The standard InChI is InChI=1S/C17H24N4O/c1-11-9-12(2)21-10-18-15(16(21)19-11)17(22)20-13(3)14-7-5-4-6-8-14/h9-10,13-14H,4-8H2,1-3H3,(H,20,22). The summed E-state index contributed by atoms with van der Waals surface area (Å²) in [7, 11) is 0. The Hall–Kier alpha value is -1.91. The van der Waals surface area contributed by atoms with E-state index in [-0.39, 0.29) is 11.9 Å². The van der Waals surface area contributed by atoms with Crippen molar-refractivity contribution in [2.24, 2.45) is 5.92 Å². The van der Waals surface area contributed by atoms with E-state index in [4.69, 9.17) is 0 Å². The van der Waals surface area contributed by atoms with Crippen molar-refractivity contribution in [3.63, 3.8) is 0 Å². The SMILES string of the molecule is Cc1cc(C)n2cnc(C(=O)NC(C)C3CCCCC3)c2n1. The first-order valence-corrected chi connectivity index (χ1v) is 8.18. The van der Waals surface area contributed by atoms with E-state index in [0.717, 1.165) is 11.4 Å². The smallest absolute Gasteiger partial charge is 0.274 e. The molecular weight excluding hydrogens is 276 g/mol. The Bertz CT molecular complexity index is 685. The molecule has 2 heterocycles. The first-order chi connectivity index (χ1) is 10.6. The molecule has 118 valence electrons. The van der Waals surface area contributed by atoms with Crippen LogP contribution in [0, 0.1) is 19.8 Å². The Morgan fingerprint density at radius 2 is 2.05 bits per heavy atom. The molecule has 1 unspecified atom stereocenters. The first kappa shape index (κ1) is 15.0. The van der Waals surface area contributed by atoms with Gasteiger partial charge in [0, 0.05) is 17.4 Å². The molecule has 1 aliphatic carbocycles. The largest absolute Gasteiger partial charge is 0.348 e. The minimum absolute atomic E-state index is 0.113. The van der Waals surface area contributed by atoms with Crippen LogP contribution in [0.3, 0.4) is 0 Å². The van der Waals surface area contributed by atoms with Crippen molar-refractivity contribution in [2.75, 3.05) is 0 Å². The number of nitrogens with one attached hydrogen (secondary N) is 1. The predicted molar refractivity (Wildman–Crippen MR) is 86.0 cm³/mol. The molecule has 2 aromatic heterocycles. The molecule has 1 amide bonds. The molecule has 1 N–H and O–H groups in total. The van der Waals surface area contributed by atoms with Crippen molar-refractivity contribution < 1.29 is 4.79 Å². The highest BCUT2D eigenvalue weighted by Crippen LogP contribution is 2.26. The van der Waals surface area contributed by atoms with Crippen molar-refractivity contribution in [3.05, 3.63) is 29.5 Å². The first-order valence-electron chi connectivity index (χ1n) is 8.18. The Morgan fingerprint density at radius 3 is 2.77 bits per heavy atom. The molecule has 0 aromatic carbocycles. The summed E-state index contributed by atoms with van der Waals surface area (Å²) in [5, 5.41) is 3.13. The van der Waals surface area contributed by atoms with Crippen LogP contribution in [-0.4, -0.2) is 26.3 Å². The number of amides is 1. The average Bonchev–Trinajstić information content (AvgIpc) is 2.92. The molecule has 0 bridgehead atoms. The minimum atomic E-state index is -0.113. The van der Waals surface area contributed by atoms with E-state index in [1.54, 1.807) is 6.33 Å². The van der Waals surface area contributed by atoms with Gasteiger partial charge in [-0.3, -0.25) is 9.20 Å². The maximum Gasteiger partial charge on any atom is 0.274 e. The summed E-state index contributed by atoms with van der Waals surface area (Å²) < 4.78 is 1.87. The molecule has 1 saturated carbocycles. The minimum Gasteiger partial charge on any atom is -0.348 e. The molecule has 1 atom stereocenters. The van der Waals surface area contributed by atoms with Crippen LogP contribution in [-0.2, 0) is 0 Å². The highest BCUT2D eigenvalue weighted by Gasteiger charge is 2.24. The van der Waals surface area contributed by atoms with Crippen LogP contribution in [0.5, 0.6) is 0 Å². The van der Waals surface area contributed by atoms with Crippen LogP contribution >= 0.6 is 0 Å². The van der Waals surface area contributed by atoms with Crippen LogP contribution in [0.15, 0.2) is 12.4 Å². The molecule has 5 nitrogen and oxygen atoms in total. The van der Waals surface area contributed by atoms with Gasteiger partial charge in [-0.2, -0.15) is 0 Å². The average molecular weight is 300 g/mol. The normalized spacial score (nSPS) is 17.6. The highest BCUT2D eigenvalue weighted by atomic mass is 16.2. The quantitative estimate of drug-likeness (QED) is 0.947. The summed E-state index contributed by atoms with van der Waals surface area (Å²) in [5.41, 5.74) is 3.01. The van der Waals surface area contributed by atoms with Crippen molar-refractivity contribution >= 4 is 11.6 Å². The maximum absolute atomic E-state index is 12.6. The van der Waals surface area contributed by atoms with Gasteiger partial charge >= 0.3 is 0 Å². The second kappa shape index (κ2) is 6.07. The molecule has 0 aliphatic heterocycles. The van der Waals surface area contributed by atoms with Crippen molar-refractivity contribution in [1.29, 1.82) is 0 Å². The van der Waals surface area contributed by atoms with Gasteiger partial charge in [0.2, 0.25) is 0 Å². The monoisotopic (exact) mass is 300 g/mol. The van der Waals surface area contributed by atoms with E-state index in [1.807, 2.05) is 24.3 Å². The van der Waals surface area contributed by atoms with Crippen LogP contribution in [0.1, 0.15) is 60.9 Å². The molecule has 0 saturated heterocycles. The van der Waals surface area contributed by atoms with Crippen LogP contribution < -0.4 is 5.32 Å². The zero-order valence-corrected chi connectivity index (χ0v) is 13.6. The van der Waals surface area contributed by atoms with Gasteiger partial charge in [0.15, 0.2) is 11.3 Å². The van der Waals surface area contributed by atoms with E-state index in [0.29, 0.717) is 17.3 Å². The molecule has 3 rings (SSSR count). The van der Waals surface area contributed by atoms with Gasteiger partial charge in [-0.25, -0.2) is 9.97 Å². The lowest BCUT2D eigenvalue weighted by molar-refractivity contribution is 0.0916. The van der Waals surface area contributed by atoms with Crippen LogP contribution in [0.2, 0.25) is 0 Å². The number of nitrogens with zero attached hydrogens (tertiary/aromatic N) is 3. The van der Waals surface area contributed by atoms with Crippen molar-refractivity contribution in [1.82, 2.24) is 19.7 Å². The lowest BCUT2D eigenvalue weighted by Gasteiger charge is -2.28. The Kier molecular flexibility index (Phi) is 4.14. The third-order valence-electron chi connectivity index (χ3n) is 4.75. The zero-order valence-electron chi connectivity index (χ0n) is 13.6. The summed E-state index contributed by atoms with van der Waals surface area (Å²) in [6.07, 6.45) is 7.97. The molecule has 2 aromatic rings. The Morgan fingerprint density at radius 1 is 1.32 bits per heavy atom. The lowest BCUT2D eigenvalue weighted by atomic mass is 9.84. The van der Waals surface area contributed by atoms with E-state index in [1.165, 1.54) is 32.1 Å². The number of carbonyl (C=O) groups excluding carboxylic acids is 1. The summed E-state index contributed by atoms with van der Waals surface area (Å²) in [6, 6.07) is 2.18. The Labute approximate surface area is 131 Å². The summed E-state index contributed by atoms with van der Waals surface area (Å²) in [5.74, 6) is 0.473. The molecular formula is C17H24N4O. The maximum atomic E-state index is 12.6. The van der Waals surface area contributed by atoms with Crippen LogP contribution in [0.25, 0.3) is 5.65 Å². The summed E-state index contributed by atoms with van der Waals surface area (Å²) >= 11 is 0.